The van der Waals surface area contributed by atoms with Crippen molar-refractivity contribution in [2.45, 2.75) is 6.92 Å². The molecule has 0 unspecified atom stereocenters. The number of fused-ring (bicyclic) bond motifs is 1. The molecule has 3 aromatic carbocycles. The van der Waals surface area contributed by atoms with Crippen molar-refractivity contribution in [3.63, 3.8) is 0 Å². The van der Waals surface area contributed by atoms with Gasteiger partial charge in [0.2, 0.25) is 5.89 Å². The summed E-state index contributed by atoms with van der Waals surface area (Å²) in [6.07, 6.45) is 1.38. The molecular formula is C21H15N3O4. The van der Waals surface area contributed by atoms with Crippen LogP contribution in [0, 0.1) is 17.0 Å². The lowest BCUT2D eigenvalue weighted by atomic mass is 10.1. The Morgan fingerprint density at radius 1 is 1.14 bits per heavy atom. The molecule has 0 atom stereocenters. The first-order chi connectivity index (χ1) is 13.5. The zero-order valence-electron chi connectivity index (χ0n) is 14.9. The maximum atomic E-state index is 10.9. The van der Waals surface area contributed by atoms with Crippen LogP contribution >= 0.6 is 0 Å². The largest absolute Gasteiger partial charge is 0.507 e. The van der Waals surface area contributed by atoms with Crippen LogP contribution in [-0.4, -0.2) is 21.2 Å². The number of nitro benzene ring substituents is 1. The number of rotatable bonds is 4. The molecule has 0 saturated carbocycles. The lowest BCUT2D eigenvalue weighted by Gasteiger charge is -1.99. The third-order valence-electron chi connectivity index (χ3n) is 4.21. The van der Waals surface area contributed by atoms with Gasteiger partial charge in [0, 0.05) is 29.5 Å². The second-order valence-electron chi connectivity index (χ2n) is 6.30. The molecule has 28 heavy (non-hydrogen) atoms. The molecule has 0 aliphatic heterocycles. The minimum absolute atomic E-state index is 0.0846. The van der Waals surface area contributed by atoms with Crippen molar-refractivity contribution in [1.29, 1.82) is 0 Å². The first-order valence-corrected chi connectivity index (χ1v) is 8.49. The number of hydrogen-bond acceptors (Lipinski definition) is 6. The minimum Gasteiger partial charge on any atom is -0.507 e. The maximum Gasteiger partial charge on any atom is 0.270 e. The van der Waals surface area contributed by atoms with Gasteiger partial charge in [0.1, 0.15) is 11.3 Å². The molecule has 4 aromatic rings. The van der Waals surface area contributed by atoms with Crippen LogP contribution in [0.5, 0.6) is 5.75 Å². The van der Waals surface area contributed by atoms with E-state index in [-0.39, 0.29) is 17.0 Å². The third-order valence-corrected chi connectivity index (χ3v) is 4.21. The van der Waals surface area contributed by atoms with Gasteiger partial charge in [-0.25, -0.2) is 4.98 Å². The zero-order chi connectivity index (χ0) is 19.7. The lowest BCUT2D eigenvalue weighted by molar-refractivity contribution is -0.384. The Morgan fingerprint density at radius 2 is 2.00 bits per heavy atom. The molecule has 138 valence electrons. The van der Waals surface area contributed by atoms with Gasteiger partial charge in [-0.15, -0.1) is 0 Å². The zero-order valence-corrected chi connectivity index (χ0v) is 14.9. The quantitative estimate of drug-likeness (QED) is 0.302. The smallest absolute Gasteiger partial charge is 0.270 e. The van der Waals surface area contributed by atoms with E-state index in [9.17, 15) is 15.2 Å². The molecular weight excluding hydrogens is 358 g/mol. The monoisotopic (exact) mass is 373 g/mol. The highest BCUT2D eigenvalue weighted by Crippen LogP contribution is 2.28. The number of aryl methyl sites for hydroxylation is 1. The first kappa shape index (κ1) is 17.4. The van der Waals surface area contributed by atoms with Crippen LogP contribution in [0.4, 0.5) is 11.4 Å². The number of oxazole rings is 1. The number of nitro groups is 1. The average Bonchev–Trinajstić information content (AvgIpc) is 3.10. The average molecular weight is 373 g/mol. The van der Waals surface area contributed by atoms with Crippen LogP contribution in [0.3, 0.4) is 0 Å². The normalized spacial score (nSPS) is 11.3. The second-order valence-corrected chi connectivity index (χ2v) is 6.30. The van der Waals surface area contributed by atoms with E-state index in [1.165, 1.54) is 24.4 Å². The molecule has 7 nitrogen and oxygen atoms in total. The Kier molecular flexibility index (Phi) is 4.33. The van der Waals surface area contributed by atoms with Gasteiger partial charge in [0.15, 0.2) is 5.58 Å². The van der Waals surface area contributed by atoms with Gasteiger partial charge < -0.3 is 9.52 Å². The molecule has 0 amide bonds. The van der Waals surface area contributed by atoms with Gasteiger partial charge in [0.05, 0.1) is 10.6 Å². The number of benzene rings is 3. The van der Waals surface area contributed by atoms with E-state index in [1.807, 2.05) is 31.2 Å². The third kappa shape index (κ3) is 3.45. The molecule has 1 heterocycles. The fraction of sp³-hybridized carbons (Fsp3) is 0.0476. The molecule has 0 aliphatic rings. The van der Waals surface area contributed by atoms with E-state index in [1.54, 1.807) is 18.2 Å². The van der Waals surface area contributed by atoms with Crippen molar-refractivity contribution in [3.05, 3.63) is 81.9 Å². The van der Waals surface area contributed by atoms with Gasteiger partial charge in [-0.05, 0) is 43.3 Å². The Balaban J connectivity index is 1.66. The van der Waals surface area contributed by atoms with Crippen molar-refractivity contribution < 1.29 is 14.4 Å². The van der Waals surface area contributed by atoms with Gasteiger partial charge in [0.25, 0.3) is 5.69 Å². The summed E-state index contributed by atoms with van der Waals surface area (Å²) in [6, 6.07) is 16.9. The minimum atomic E-state index is -0.523. The van der Waals surface area contributed by atoms with E-state index in [2.05, 4.69) is 9.98 Å². The van der Waals surface area contributed by atoms with Crippen molar-refractivity contribution >= 4 is 28.7 Å². The molecule has 1 aromatic heterocycles. The summed E-state index contributed by atoms with van der Waals surface area (Å²) in [5.74, 6) is 0.440. The second kappa shape index (κ2) is 6.96. The number of non-ortho nitro benzene ring substituents is 1. The van der Waals surface area contributed by atoms with E-state index >= 15 is 0 Å². The molecule has 0 bridgehead atoms. The fourth-order valence-electron chi connectivity index (χ4n) is 2.80. The predicted molar refractivity (Wildman–Crippen MR) is 106 cm³/mol. The van der Waals surface area contributed by atoms with E-state index in [0.717, 1.165) is 11.1 Å². The highest BCUT2D eigenvalue weighted by atomic mass is 16.6. The Labute approximate surface area is 159 Å². The van der Waals surface area contributed by atoms with Gasteiger partial charge >= 0.3 is 0 Å². The number of aliphatic imine (C=N–C) groups is 1. The molecule has 1 N–H and O–H groups in total. The molecule has 0 aliphatic carbocycles. The van der Waals surface area contributed by atoms with Crippen LogP contribution in [0.25, 0.3) is 22.6 Å². The van der Waals surface area contributed by atoms with Crippen LogP contribution in [0.2, 0.25) is 0 Å². The first-order valence-electron chi connectivity index (χ1n) is 8.49. The van der Waals surface area contributed by atoms with Crippen LogP contribution in [0.15, 0.2) is 70.1 Å². The predicted octanol–water partition coefficient (Wildman–Crippen LogP) is 5.17. The lowest BCUT2D eigenvalue weighted by Crippen LogP contribution is -1.90. The Morgan fingerprint density at radius 3 is 2.79 bits per heavy atom. The molecule has 0 spiro atoms. The Hall–Kier alpha value is -4.00. The molecule has 4 rings (SSSR count). The van der Waals surface area contributed by atoms with Crippen molar-refractivity contribution in [1.82, 2.24) is 4.98 Å². The van der Waals surface area contributed by atoms with E-state index in [4.69, 9.17) is 4.42 Å². The summed E-state index contributed by atoms with van der Waals surface area (Å²) < 4.78 is 5.81. The van der Waals surface area contributed by atoms with Gasteiger partial charge in [-0.1, -0.05) is 17.7 Å². The summed E-state index contributed by atoms with van der Waals surface area (Å²) in [7, 11) is 0. The highest BCUT2D eigenvalue weighted by Gasteiger charge is 2.10. The topological polar surface area (TPSA) is 102 Å². The van der Waals surface area contributed by atoms with Gasteiger partial charge in [-0.3, -0.25) is 15.1 Å². The summed E-state index contributed by atoms with van der Waals surface area (Å²) in [5.41, 5.74) is 4.01. The van der Waals surface area contributed by atoms with E-state index < -0.39 is 4.92 Å². The fourth-order valence-corrected chi connectivity index (χ4v) is 2.80. The highest BCUT2D eigenvalue weighted by molar-refractivity contribution is 5.87. The number of aromatic nitrogens is 1. The number of phenols is 1. The summed E-state index contributed by atoms with van der Waals surface area (Å²) in [6.45, 7) is 2.00. The molecule has 7 heteroatoms. The number of phenolic OH excluding ortho intramolecular Hbond substituents is 1. The summed E-state index contributed by atoms with van der Waals surface area (Å²) in [5, 5.41) is 20.8. The number of aromatic hydroxyl groups is 1. The molecule has 0 fully saturated rings. The van der Waals surface area contributed by atoms with Crippen LogP contribution < -0.4 is 0 Å². The SMILES string of the molecule is Cc1cccc(-c2nc3cc(N=Cc4cc([N+](=O)[O-])ccc4O)ccc3o2)c1. The van der Waals surface area contributed by atoms with Crippen LogP contribution in [0.1, 0.15) is 11.1 Å². The molecule has 0 saturated heterocycles. The van der Waals surface area contributed by atoms with E-state index in [0.29, 0.717) is 22.7 Å². The van der Waals surface area contributed by atoms with Crippen molar-refractivity contribution in [3.8, 4) is 17.2 Å². The number of hydrogen-bond donors (Lipinski definition) is 1. The maximum absolute atomic E-state index is 10.9. The number of nitrogens with zero attached hydrogens (tertiary/aromatic N) is 3. The molecule has 0 radical (unpaired) electrons. The van der Waals surface area contributed by atoms with Crippen molar-refractivity contribution in [2.75, 3.05) is 0 Å². The summed E-state index contributed by atoms with van der Waals surface area (Å²) in [4.78, 5) is 19.2. The van der Waals surface area contributed by atoms with Crippen LogP contribution in [-0.2, 0) is 0 Å². The van der Waals surface area contributed by atoms with Crippen molar-refractivity contribution in [2.24, 2.45) is 4.99 Å². The summed E-state index contributed by atoms with van der Waals surface area (Å²) >= 11 is 0. The standard InChI is InChI=1S/C21H15N3O4/c1-13-3-2-4-14(9-13)21-23-18-11-16(5-8-20(18)28-21)22-12-15-10-17(24(26)27)6-7-19(15)25/h2-12,25H,1H3. The van der Waals surface area contributed by atoms with Gasteiger partial charge in [-0.2, -0.15) is 0 Å². The Bertz CT molecular complexity index is 1230.